The molecule has 1 aromatic rings. The minimum Gasteiger partial charge on any atom is -0.494 e. The molecule has 3 N–H and O–H groups in total. The van der Waals surface area contributed by atoms with Crippen LogP contribution >= 0.6 is 0 Å². The van der Waals surface area contributed by atoms with Gasteiger partial charge in [0.2, 0.25) is 5.91 Å². The van der Waals surface area contributed by atoms with E-state index in [1.54, 1.807) is 24.3 Å². The molecule has 1 aromatic carbocycles. The number of carboxylic acid groups (broad SMARTS) is 1. The molecule has 25 heavy (non-hydrogen) atoms. The fraction of sp³-hybridized carbons (Fsp3) is 0.500. The molecular weight excluding hydrogens is 324 g/mol. The summed E-state index contributed by atoms with van der Waals surface area (Å²) in [5.74, 6) is -1.34. The molecule has 1 atom stereocenters. The molecule has 0 aliphatic carbocycles. The second kappa shape index (κ2) is 10.3. The molecule has 0 aromatic heterocycles. The van der Waals surface area contributed by atoms with Gasteiger partial charge in [0.05, 0.1) is 13.2 Å². The number of rotatable bonds is 10. The van der Waals surface area contributed by atoms with Crippen molar-refractivity contribution >= 4 is 17.8 Å². The molecule has 0 fully saturated rings. The van der Waals surface area contributed by atoms with Crippen LogP contribution in [0.1, 0.15) is 44.0 Å². The highest BCUT2D eigenvalue weighted by Crippen LogP contribution is 2.13. The van der Waals surface area contributed by atoms with Crippen molar-refractivity contribution in [1.29, 1.82) is 0 Å². The summed E-state index contributed by atoms with van der Waals surface area (Å²) in [6.07, 6.45) is 1.18. The zero-order valence-electron chi connectivity index (χ0n) is 14.9. The Hall–Kier alpha value is -2.57. The third-order valence-electron chi connectivity index (χ3n) is 3.32. The third-order valence-corrected chi connectivity index (χ3v) is 3.32. The summed E-state index contributed by atoms with van der Waals surface area (Å²) in [6.45, 7) is 5.99. The first kappa shape index (κ1) is 20.5. The lowest BCUT2D eigenvalue weighted by atomic mass is 10.0. The van der Waals surface area contributed by atoms with Gasteiger partial charge in [0, 0.05) is 5.56 Å². The van der Waals surface area contributed by atoms with E-state index in [1.807, 2.05) is 20.8 Å². The van der Waals surface area contributed by atoms with Gasteiger partial charge in [-0.2, -0.15) is 0 Å². The van der Waals surface area contributed by atoms with E-state index in [0.29, 0.717) is 24.3 Å². The van der Waals surface area contributed by atoms with Gasteiger partial charge < -0.3 is 20.5 Å². The number of amides is 2. The van der Waals surface area contributed by atoms with Crippen LogP contribution in [0.4, 0.5) is 0 Å². The van der Waals surface area contributed by atoms with Gasteiger partial charge in [0.1, 0.15) is 11.8 Å². The third kappa shape index (κ3) is 7.69. The largest absolute Gasteiger partial charge is 0.494 e. The molecule has 138 valence electrons. The van der Waals surface area contributed by atoms with Gasteiger partial charge in [-0.15, -0.1) is 0 Å². The van der Waals surface area contributed by atoms with Crippen LogP contribution < -0.4 is 15.4 Å². The van der Waals surface area contributed by atoms with Crippen LogP contribution in [0.2, 0.25) is 0 Å². The lowest BCUT2D eigenvalue weighted by Crippen LogP contribution is -2.46. The molecule has 0 radical (unpaired) electrons. The van der Waals surface area contributed by atoms with Gasteiger partial charge in [0.25, 0.3) is 5.91 Å². The van der Waals surface area contributed by atoms with Crippen molar-refractivity contribution < 1.29 is 24.2 Å². The summed E-state index contributed by atoms with van der Waals surface area (Å²) in [4.78, 5) is 35.1. The number of hydrogen-bond acceptors (Lipinski definition) is 4. The zero-order chi connectivity index (χ0) is 18.8. The predicted molar refractivity (Wildman–Crippen MR) is 93.6 cm³/mol. The number of ether oxygens (including phenoxy) is 1. The lowest BCUT2D eigenvalue weighted by Gasteiger charge is -2.16. The molecule has 1 rings (SSSR count). The van der Waals surface area contributed by atoms with E-state index in [-0.39, 0.29) is 12.5 Å². The molecule has 0 unspecified atom stereocenters. The SMILES string of the molecule is CCCOc1cccc(C(=O)NCC(=O)N[C@@H](CC(C)C)C(=O)O)c1. The smallest absolute Gasteiger partial charge is 0.326 e. The molecule has 7 heteroatoms. The Morgan fingerprint density at radius 2 is 1.96 bits per heavy atom. The summed E-state index contributed by atoms with van der Waals surface area (Å²) >= 11 is 0. The van der Waals surface area contributed by atoms with E-state index >= 15 is 0 Å². The monoisotopic (exact) mass is 350 g/mol. The van der Waals surface area contributed by atoms with Gasteiger partial charge in [-0.1, -0.05) is 26.8 Å². The minimum absolute atomic E-state index is 0.127. The van der Waals surface area contributed by atoms with E-state index < -0.39 is 23.8 Å². The van der Waals surface area contributed by atoms with Crippen LogP contribution in [-0.4, -0.2) is 42.1 Å². The maximum absolute atomic E-state index is 12.1. The molecule has 0 aliphatic rings. The molecule has 0 bridgehead atoms. The zero-order valence-corrected chi connectivity index (χ0v) is 14.9. The van der Waals surface area contributed by atoms with Gasteiger partial charge >= 0.3 is 5.97 Å². The highest BCUT2D eigenvalue weighted by Gasteiger charge is 2.21. The second-order valence-electron chi connectivity index (χ2n) is 6.15. The van der Waals surface area contributed by atoms with Crippen LogP contribution in [0.5, 0.6) is 5.75 Å². The average molecular weight is 350 g/mol. The Morgan fingerprint density at radius 3 is 2.56 bits per heavy atom. The van der Waals surface area contributed by atoms with Crippen LogP contribution in [0.15, 0.2) is 24.3 Å². The van der Waals surface area contributed by atoms with Crippen molar-refractivity contribution in [2.24, 2.45) is 5.92 Å². The van der Waals surface area contributed by atoms with Crippen molar-refractivity contribution in [3.8, 4) is 5.75 Å². The Labute approximate surface area is 147 Å². The van der Waals surface area contributed by atoms with Gasteiger partial charge in [0.15, 0.2) is 0 Å². The molecule has 2 amide bonds. The number of carbonyl (C=O) groups is 3. The fourth-order valence-corrected chi connectivity index (χ4v) is 2.15. The standard InChI is InChI=1S/C18H26N2O5/c1-4-8-25-14-7-5-6-13(10-14)17(22)19-11-16(21)20-15(18(23)24)9-12(2)3/h5-7,10,12,15H,4,8-9,11H2,1-3H3,(H,19,22)(H,20,21)(H,23,24)/t15-/m0/s1. The van der Waals surface area contributed by atoms with Crippen LogP contribution in [-0.2, 0) is 9.59 Å². The molecule has 0 aliphatic heterocycles. The predicted octanol–water partition coefficient (Wildman–Crippen LogP) is 1.82. The fourth-order valence-electron chi connectivity index (χ4n) is 2.15. The number of hydrogen-bond donors (Lipinski definition) is 3. The molecule has 7 nitrogen and oxygen atoms in total. The Morgan fingerprint density at radius 1 is 1.24 bits per heavy atom. The lowest BCUT2D eigenvalue weighted by molar-refractivity contribution is -0.142. The summed E-state index contributed by atoms with van der Waals surface area (Å²) < 4.78 is 5.46. The highest BCUT2D eigenvalue weighted by molar-refractivity contribution is 5.97. The molecule has 0 spiro atoms. The minimum atomic E-state index is -1.09. The van der Waals surface area contributed by atoms with Gasteiger partial charge in [-0.05, 0) is 37.0 Å². The Kier molecular flexibility index (Phi) is 8.46. The first-order chi connectivity index (χ1) is 11.8. The maximum Gasteiger partial charge on any atom is 0.326 e. The first-order valence-corrected chi connectivity index (χ1v) is 8.36. The Balaban J connectivity index is 2.54. The summed E-state index contributed by atoms with van der Waals surface area (Å²) in [5.41, 5.74) is 0.373. The van der Waals surface area contributed by atoms with E-state index in [4.69, 9.17) is 9.84 Å². The topological polar surface area (TPSA) is 105 Å². The maximum atomic E-state index is 12.1. The van der Waals surface area contributed by atoms with Gasteiger partial charge in [-0.3, -0.25) is 9.59 Å². The van der Waals surface area contributed by atoms with Gasteiger partial charge in [-0.25, -0.2) is 4.79 Å². The molecule has 0 heterocycles. The van der Waals surface area contributed by atoms with Crippen LogP contribution in [0, 0.1) is 5.92 Å². The molecule has 0 saturated heterocycles. The van der Waals surface area contributed by atoms with Crippen molar-refractivity contribution in [3.63, 3.8) is 0 Å². The molecular formula is C18H26N2O5. The summed E-state index contributed by atoms with van der Waals surface area (Å²) in [5, 5.41) is 14.0. The quantitative estimate of drug-likeness (QED) is 0.597. The van der Waals surface area contributed by atoms with E-state index in [9.17, 15) is 14.4 Å². The average Bonchev–Trinajstić information content (AvgIpc) is 2.57. The number of carboxylic acids is 1. The first-order valence-electron chi connectivity index (χ1n) is 8.36. The number of nitrogens with one attached hydrogen (secondary N) is 2. The summed E-state index contributed by atoms with van der Waals surface area (Å²) in [6, 6.07) is 5.70. The van der Waals surface area contributed by atoms with Crippen molar-refractivity contribution in [3.05, 3.63) is 29.8 Å². The van der Waals surface area contributed by atoms with E-state index in [1.165, 1.54) is 0 Å². The summed E-state index contributed by atoms with van der Waals surface area (Å²) in [7, 11) is 0. The normalized spacial score (nSPS) is 11.7. The second-order valence-corrected chi connectivity index (χ2v) is 6.15. The van der Waals surface area contributed by atoms with Crippen molar-refractivity contribution in [2.45, 2.75) is 39.7 Å². The van der Waals surface area contributed by atoms with Crippen LogP contribution in [0.25, 0.3) is 0 Å². The number of aliphatic carboxylic acids is 1. The van der Waals surface area contributed by atoms with Crippen molar-refractivity contribution in [1.82, 2.24) is 10.6 Å². The Bertz CT molecular complexity index is 601. The molecule has 0 saturated carbocycles. The van der Waals surface area contributed by atoms with E-state index in [0.717, 1.165) is 6.42 Å². The van der Waals surface area contributed by atoms with Crippen LogP contribution in [0.3, 0.4) is 0 Å². The highest BCUT2D eigenvalue weighted by atomic mass is 16.5. The van der Waals surface area contributed by atoms with Crippen molar-refractivity contribution in [2.75, 3.05) is 13.2 Å². The number of benzene rings is 1. The van der Waals surface area contributed by atoms with E-state index in [2.05, 4.69) is 10.6 Å². The number of carbonyl (C=O) groups excluding carboxylic acids is 2.